The molecule has 0 N–H and O–H groups in total. The maximum absolute atomic E-state index is 13.7. The molecule has 0 spiro atoms. The fourth-order valence-corrected chi connectivity index (χ4v) is 6.30. The molecule has 1 amide bonds. The third kappa shape index (κ3) is 4.16. The average molecular weight is 544 g/mol. The normalized spacial score (nSPS) is 19.9. The molecule has 2 saturated heterocycles. The van der Waals surface area contributed by atoms with Gasteiger partial charge in [-0.1, -0.05) is 66.2 Å². The Morgan fingerprint density at radius 1 is 0.972 bits per heavy atom. The van der Waals surface area contributed by atoms with E-state index in [-0.39, 0.29) is 18.0 Å². The zero-order valence-electron chi connectivity index (χ0n) is 20.8. The maximum Gasteiger partial charge on any atom is 0.254 e. The van der Waals surface area contributed by atoms with Crippen LogP contribution in [0.2, 0.25) is 0 Å². The Morgan fingerprint density at radius 3 is 2.39 bits per heavy atom. The van der Waals surface area contributed by atoms with Gasteiger partial charge in [-0.25, -0.2) is 4.98 Å². The van der Waals surface area contributed by atoms with Crippen molar-refractivity contribution in [2.45, 2.75) is 51.2 Å². The fourth-order valence-electron chi connectivity index (χ4n) is 6.03. The van der Waals surface area contributed by atoms with E-state index >= 15 is 0 Å². The Balaban J connectivity index is 1.28. The zero-order chi connectivity index (χ0) is 24.8. The van der Waals surface area contributed by atoms with Crippen molar-refractivity contribution in [2.24, 2.45) is 0 Å². The standard InChI is InChI=1S/C30H31BrN4O/c1-20(2)25-7-3-4-8-26(25)30(36)35-23-14-15-24(35)18-33(17-23)19-27-29(21-10-12-22(31)13-11-21)32-28-9-5-6-16-34(27)28/h3-13,16,20,23-24H,14-15,17-19H2,1-2H3. The Morgan fingerprint density at radius 2 is 1.67 bits per heavy atom. The molecule has 2 aliphatic rings. The van der Waals surface area contributed by atoms with Crippen LogP contribution >= 0.6 is 15.9 Å². The van der Waals surface area contributed by atoms with Gasteiger partial charge >= 0.3 is 0 Å². The minimum absolute atomic E-state index is 0.205. The smallest absolute Gasteiger partial charge is 0.254 e. The summed E-state index contributed by atoms with van der Waals surface area (Å²) in [6, 6.07) is 23.2. The molecule has 4 heterocycles. The van der Waals surface area contributed by atoms with Gasteiger partial charge in [0.25, 0.3) is 5.91 Å². The van der Waals surface area contributed by atoms with E-state index in [1.807, 2.05) is 24.3 Å². The van der Waals surface area contributed by atoms with E-state index in [4.69, 9.17) is 4.98 Å². The number of piperazine rings is 1. The number of imidazole rings is 1. The Kier molecular flexibility index (Phi) is 6.18. The average Bonchev–Trinajstić information content (AvgIpc) is 3.38. The highest BCUT2D eigenvalue weighted by Crippen LogP contribution is 2.35. The predicted molar refractivity (Wildman–Crippen MR) is 147 cm³/mol. The Labute approximate surface area is 220 Å². The van der Waals surface area contributed by atoms with Crippen LogP contribution in [-0.2, 0) is 6.54 Å². The molecule has 2 aromatic carbocycles. The number of pyridine rings is 1. The lowest BCUT2D eigenvalue weighted by molar-refractivity contribution is 0.0401. The number of amides is 1. The van der Waals surface area contributed by atoms with Crippen molar-refractivity contribution in [1.29, 1.82) is 0 Å². The predicted octanol–water partition coefficient (Wildman–Crippen LogP) is 6.38. The van der Waals surface area contributed by atoms with E-state index in [0.717, 1.165) is 65.0 Å². The minimum atomic E-state index is 0.205. The summed E-state index contributed by atoms with van der Waals surface area (Å²) in [7, 11) is 0. The van der Waals surface area contributed by atoms with E-state index in [1.165, 1.54) is 5.69 Å². The van der Waals surface area contributed by atoms with Crippen LogP contribution in [0, 0.1) is 0 Å². The molecule has 6 heteroatoms. The lowest BCUT2D eigenvalue weighted by Crippen LogP contribution is -2.55. The van der Waals surface area contributed by atoms with Crippen molar-refractivity contribution in [3.05, 3.63) is 94.2 Å². The summed E-state index contributed by atoms with van der Waals surface area (Å²) >= 11 is 3.55. The Hall–Kier alpha value is -2.96. The number of aromatic nitrogens is 2. The second-order valence-electron chi connectivity index (χ2n) is 10.4. The first-order valence-electron chi connectivity index (χ1n) is 12.9. The van der Waals surface area contributed by atoms with Gasteiger partial charge < -0.3 is 9.30 Å². The molecule has 2 aliphatic heterocycles. The summed E-state index contributed by atoms with van der Waals surface area (Å²) in [5.41, 5.74) is 6.35. The number of benzene rings is 2. The van der Waals surface area contributed by atoms with Gasteiger partial charge in [-0.15, -0.1) is 0 Å². The maximum atomic E-state index is 13.7. The largest absolute Gasteiger partial charge is 0.330 e. The zero-order valence-corrected chi connectivity index (χ0v) is 22.4. The number of rotatable bonds is 5. The van der Waals surface area contributed by atoms with Gasteiger partial charge in [0.2, 0.25) is 0 Å². The summed E-state index contributed by atoms with van der Waals surface area (Å²) < 4.78 is 3.28. The van der Waals surface area contributed by atoms with Gasteiger partial charge in [-0.3, -0.25) is 9.69 Å². The SMILES string of the molecule is CC(C)c1ccccc1C(=O)N1C2CCC1CN(Cc1c(-c3ccc(Br)cc3)nc3ccccn13)C2. The van der Waals surface area contributed by atoms with Crippen LogP contribution < -0.4 is 0 Å². The quantitative estimate of drug-likeness (QED) is 0.294. The van der Waals surface area contributed by atoms with Gasteiger partial charge in [-0.2, -0.15) is 0 Å². The highest BCUT2D eigenvalue weighted by molar-refractivity contribution is 9.10. The van der Waals surface area contributed by atoms with Gasteiger partial charge in [0.15, 0.2) is 0 Å². The van der Waals surface area contributed by atoms with Crippen LogP contribution in [0.4, 0.5) is 0 Å². The molecule has 2 aromatic heterocycles. The van der Waals surface area contributed by atoms with Crippen LogP contribution in [0.1, 0.15) is 54.2 Å². The summed E-state index contributed by atoms with van der Waals surface area (Å²) in [5, 5.41) is 0. The summed E-state index contributed by atoms with van der Waals surface area (Å²) in [6.07, 6.45) is 4.25. The number of hydrogen-bond donors (Lipinski definition) is 0. The number of carbonyl (C=O) groups is 1. The van der Waals surface area contributed by atoms with Gasteiger partial charge in [0.1, 0.15) is 5.65 Å². The fraction of sp³-hybridized carbons (Fsp3) is 0.333. The topological polar surface area (TPSA) is 40.9 Å². The summed E-state index contributed by atoms with van der Waals surface area (Å²) in [5.74, 6) is 0.535. The molecule has 2 unspecified atom stereocenters. The van der Waals surface area contributed by atoms with Crippen molar-refractivity contribution in [3.8, 4) is 11.3 Å². The highest BCUT2D eigenvalue weighted by Gasteiger charge is 2.43. The van der Waals surface area contributed by atoms with Gasteiger partial charge in [-0.05, 0) is 54.7 Å². The monoisotopic (exact) mass is 542 g/mol. The van der Waals surface area contributed by atoms with Crippen LogP contribution in [-0.4, -0.2) is 50.3 Å². The van der Waals surface area contributed by atoms with Crippen molar-refractivity contribution >= 4 is 27.5 Å². The molecule has 36 heavy (non-hydrogen) atoms. The van der Waals surface area contributed by atoms with Crippen molar-refractivity contribution in [1.82, 2.24) is 19.2 Å². The van der Waals surface area contributed by atoms with Gasteiger partial charge in [0.05, 0.1) is 11.4 Å². The number of halogens is 1. The lowest BCUT2D eigenvalue weighted by Gasteiger charge is -2.41. The molecule has 2 fully saturated rings. The van der Waals surface area contributed by atoms with Crippen molar-refractivity contribution < 1.29 is 4.79 Å². The lowest BCUT2D eigenvalue weighted by atomic mass is 9.95. The number of fused-ring (bicyclic) bond motifs is 3. The number of nitrogens with zero attached hydrogens (tertiary/aromatic N) is 4. The van der Waals surface area contributed by atoms with Crippen LogP contribution in [0.3, 0.4) is 0 Å². The third-order valence-corrected chi connectivity index (χ3v) is 8.25. The van der Waals surface area contributed by atoms with Crippen molar-refractivity contribution in [3.63, 3.8) is 0 Å². The number of likely N-dealkylation sites (tertiary alicyclic amines) is 1. The van der Waals surface area contributed by atoms with Crippen LogP contribution in [0.15, 0.2) is 77.4 Å². The first-order chi connectivity index (χ1) is 17.5. The molecule has 4 aromatic rings. The molecule has 2 atom stereocenters. The first kappa shape index (κ1) is 23.4. The first-order valence-corrected chi connectivity index (χ1v) is 13.6. The highest BCUT2D eigenvalue weighted by atomic mass is 79.9. The van der Waals surface area contributed by atoms with E-state index in [1.54, 1.807) is 0 Å². The van der Waals surface area contributed by atoms with E-state index in [0.29, 0.717) is 5.92 Å². The molecular formula is C30H31BrN4O. The second-order valence-corrected chi connectivity index (χ2v) is 11.3. The second kappa shape index (κ2) is 9.49. The molecular weight excluding hydrogens is 512 g/mol. The van der Waals surface area contributed by atoms with E-state index in [2.05, 4.69) is 92.6 Å². The van der Waals surface area contributed by atoms with Crippen LogP contribution in [0.5, 0.6) is 0 Å². The summed E-state index contributed by atoms with van der Waals surface area (Å²) in [6.45, 7) is 6.93. The summed E-state index contributed by atoms with van der Waals surface area (Å²) in [4.78, 5) is 23.5. The molecule has 6 rings (SSSR count). The molecule has 184 valence electrons. The Bertz CT molecular complexity index is 1400. The minimum Gasteiger partial charge on any atom is -0.330 e. The van der Waals surface area contributed by atoms with Gasteiger partial charge in [0, 0.05) is 53.5 Å². The van der Waals surface area contributed by atoms with Crippen molar-refractivity contribution in [2.75, 3.05) is 13.1 Å². The molecule has 0 aliphatic carbocycles. The number of carbonyl (C=O) groups excluding carboxylic acids is 1. The van der Waals surface area contributed by atoms with Crippen LogP contribution in [0.25, 0.3) is 16.9 Å². The third-order valence-electron chi connectivity index (χ3n) is 7.73. The molecule has 0 radical (unpaired) electrons. The molecule has 2 bridgehead atoms. The molecule has 0 saturated carbocycles. The van der Waals surface area contributed by atoms with E-state index < -0.39 is 0 Å². The molecule has 5 nitrogen and oxygen atoms in total. The van der Waals surface area contributed by atoms with E-state index in [9.17, 15) is 4.79 Å². The number of hydrogen-bond acceptors (Lipinski definition) is 3.